The number of halogens is 3. The van der Waals surface area contributed by atoms with E-state index in [1.165, 1.54) is 6.08 Å². The Morgan fingerprint density at radius 3 is 1.90 bits per heavy atom. The van der Waals surface area contributed by atoms with Gasteiger partial charge in [-0.15, -0.1) is 0 Å². The highest BCUT2D eigenvalue weighted by atomic mass is 35.5. The maximum Gasteiger partial charge on any atom is 0.335 e. The van der Waals surface area contributed by atoms with Gasteiger partial charge in [0.25, 0.3) is 11.8 Å². The summed E-state index contributed by atoms with van der Waals surface area (Å²) in [6.07, 6.45) is 1.42. The molecule has 0 aromatic heterocycles. The van der Waals surface area contributed by atoms with Crippen LogP contribution < -0.4 is 19.7 Å². The number of anilines is 1. The largest absolute Gasteiger partial charge is 0.489 e. The van der Waals surface area contributed by atoms with E-state index in [0.29, 0.717) is 38.7 Å². The number of carbonyl (C=O) groups excluding carboxylic acids is 3. The highest BCUT2D eigenvalue weighted by Crippen LogP contribution is 2.26. The van der Waals surface area contributed by atoms with Crippen LogP contribution >= 0.6 is 34.8 Å². The minimum atomic E-state index is -0.835. The summed E-state index contributed by atoms with van der Waals surface area (Å²) in [5.41, 5.74) is 2.46. The lowest BCUT2D eigenvalue weighted by atomic mass is 10.1. The van der Waals surface area contributed by atoms with Crippen molar-refractivity contribution in [3.05, 3.63) is 128 Å². The highest BCUT2D eigenvalue weighted by Gasteiger charge is 2.36. The first-order chi connectivity index (χ1) is 19.8. The molecule has 10 heteroatoms. The van der Waals surface area contributed by atoms with E-state index < -0.39 is 17.8 Å². The Labute approximate surface area is 250 Å². The van der Waals surface area contributed by atoms with E-state index in [9.17, 15) is 14.4 Å². The van der Waals surface area contributed by atoms with E-state index in [1.54, 1.807) is 72.8 Å². The zero-order valence-electron chi connectivity index (χ0n) is 21.3. The molecule has 0 atom stereocenters. The molecule has 1 N–H and O–H groups in total. The molecule has 0 unspecified atom stereocenters. The number of carbonyl (C=O) groups is 3. The molecule has 1 aliphatic heterocycles. The van der Waals surface area contributed by atoms with E-state index in [4.69, 9.17) is 44.3 Å². The number of imide groups is 2. The van der Waals surface area contributed by atoms with E-state index in [2.05, 4.69) is 5.32 Å². The Balaban J connectivity index is 1.25. The number of ether oxygens (including phenoxy) is 2. The van der Waals surface area contributed by atoms with Crippen LogP contribution in [0.2, 0.25) is 15.1 Å². The van der Waals surface area contributed by atoms with Crippen molar-refractivity contribution in [2.45, 2.75) is 13.2 Å². The fourth-order valence-corrected chi connectivity index (χ4v) is 4.40. The number of urea groups is 1. The summed E-state index contributed by atoms with van der Waals surface area (Å²) < 4.78 is 11.6. The van der Waals surface area contributed by atoms with Crippen molar-refractivity contribution < 1.29 is 23.9 Å². The van der Waals surface area contributed by atoms with Crippen LogP contribution in [0.4, 0.5) is 10.5 Å². The molecular weight excluding hydrogens is 587 g/mol. The van der Waals surface area contributed by atoms with Gasteiger partial charge in [-0.3, -0.25) is 14.9 Å². The quantitative estimate of drug-likeness (QED) is 0.166. The van der Waals surface area contributed by atoms with Gasteiger partial charge in [-0.2, -0.15) is 0 Å². The molecule has 41 heavy (non-hydrogen) atoms. The molecule has 1 heterocycles. The first-order valence-electron chi connectivity index (χ1n) is 12.3. The highest BCUT2D eigenvalue weighted by molar-refractivity contribution is 6.42. The Bertz CT molecular complexity index is 1640. The topological polar surface area (TPSA) is 84.9 Å². The number of nitrogens with zero attached hydrogens (tertiary/aromatic N) is 1. The number of amides is 4. The minimum absolute atomic E-state index is 0.183. The normalized spacial score (nSPS) is 14.3. The van der Waals surface area contributed by atoms with Gasteiger partial charge < -0.3 is 9.47 Å². The summed E-state index contributed by atoms with van der Waals surface area (Å²) in [4.78, 5) is 39.3. The predicted octanol–water partition coefficient (Wildman–Crippen LogP) is 7.47. The van der Waals surface area contributed by atoms with Gasteiger partial charge in [0, 0.05) is 5.02 Å². The fraction of sp³-hybridized carbons (Fsp3) is 0.0645. The summed E-state index contributed by atoms with van der Waals surface area (Å²) >= 11 is 17.9. The molecule has 4 amide bonds. The van der Waals surface area contributed by atoms with Gasteiger partial charge in [-0.1, -0.05) is 65.1 Å². The molecule has 206 valence electrons. The van der Waals surface area contributed by atoms with E-state index in [-0.39, 0.29) is 17.9 Å². The Morgan fingerprint density at radius 2 is 1.27 bits per heavy atom. The Kier molecular flexibility index (Phi) is 8.59. The molecule has 1 aliphatic rings. The van der Waals surface area contributed by atoms with Crippen LogP contribution in [0.5, 0.6) is 11.5 Å². The Hall–Kier alpha value is -4.30. The van der Waals surface area contributed by atoms with Crippen molar-refractivity contribution in [2.24, 2.45) is 0 Å². The summed E-state index contributed by atoms with van der Waals surface area (Å²) in [6, 6.07) is 24.9. The summed E-state index contributed by atoms with van der Waals surface area (Å²) in [5.74, 6) is -0.401. The van der Waals surface area contributed by atoms with Crippen LogP contribution in [-0.2, 0) is 22.8 Å². The van der Waals surface area contributed by atoms with Crippen molar-refractivity contribution in [1.29, 1.82) is 0 Å². The second-order valence-corrected chi connectivity index (χ2v) is 10.2. The van der Waals surface area contributed by atoms with Crippen LogP contribution in [0.25, 0.3) is 6.08 Å². The van der Waals surface area contributed by atoms with Crippen molar-refractivity contribution in [3.8, 4) is 11.5 Å². The molecular formula is C31H21Cl3N2O5. The van der Waals surface area contributed by atoms with Crippen molar-refractivity contribution in [2.75, 3.05) is 4.90 Å². The number of barbiturate groups is 1. The lowest BCUT2D eigenvalue weighted by Crippen LogP contribution is -2.54. The maximum atomic E-state index is 13.2. The third-order valence-electron chi connectivity index (χ3n) is 6.10. The van der Waals surface area contributed by atoms with Crippen LogP contribution in [0.1, 0.15) is 16.7 Å². The predicted molar refractivity (Wildman–Crippen MR) is 158 cm³/mol. The van der Waals surface area contributed by atoms with Crippen LogP contribution in [-0.4, -0.2) is 17.8 Å². The SMILES string of the molecule is O=C1NC(=O)N(c2ccc(OCc3ccc(Cl)cc3)cc2)C(=O)/C1=C/c1ccc(OCc2ccc(Cl)c(Cl)c2)cc1. The molecule has 7 nitrogen and oxygen atoms in total. The van der Waals surface area contributed by atoms with Gasteiger partial charge in [-0.05, 0) is 83.4 Å². The number of hydrogen-bond acceptors (Lipinski definition) is 5. The monoisotopic (exact) mass is 606 g/mol. The second kappa shape index (κ2) is 12.5. The molecule has 0 radical (unpaired) electrons. The molecule has 0 spiro atoms. The van der Waals surface area contributed by atoms with E-state index >= 15 is 0 Å². The molecule has 0 aliphatic carbocycles. The minimum Gasteiger partial charge on any atom is -0.489 e. The molecule has 0 saturated carbocycles. The third-order valence-corrected chi connectivity index (χ3v) is 7.09. The molecule has 4 aromatic rings. The van der Waals surface area contributed by atoms with Crippen molar-refractivity contribution in [3.63, 3.8) is 0 Å². The van der Waals surface area contributed by atoms with Crippen LogP contribution in [0, 0.1) is 0 Å². The van der Waals surface area contributed by atoms with Gasteiger partial charge in [-0.25, -0.2) is 9.69 Å². The number of nitrogens with one attached hydrogen (secondary N) is 1. The summed E-state index contributed by atoms with van der Waals surface area (Å²) in [6.45, 7) is 0.598. The van der Waals surface area contributed by atoms with E-state index in [1.807, 2.05) is 18.2 Å². The number of rotatable bonds is 8. The molecule has 4 aromatic carbocycles. The fourth-order valence-electron chi connectivity index (χ4n) is 3.95. The lowest BCUT2D eigenvalue weighted by molar-refractivity contribution is -0.122. The molecule has 5 rings (SSSR count). The van der Waals surface area contributed by atoms with Gasteiger partial charge >= 0.3 is 6.03 Å². The molecule has 0 bridgehead atoms. The van der Waals surface area contributed by atoms with Gasteiger partial charge in [0.1, 0.15) is 30.3 Å². The summed E-state index contributed by atoms with van der Waals surface area (Å²) in [5, 5.41) is 3.77. The number of hydrogen-bond donors (Lipinski definition) is 1. The Morgan fingerprint density at radius 1 is 0.683 bits per heavy atom. The van der Waals surface area contributed by atoms with Crippen molar-refractivity contribution in [1.82, 2.24) is 5.32 Å². The first kappa shape index (κ1) is 28.2. The zero-order chi connectivity index (χ0) is 28.9. The first-order valence-corrected chi connectivity index (χ1v) is 13.5. The molecule has 1 saturated heterocycles. The standard InChI is InChI=1S/C31H21Cl3N2O5/c32-22-6-1-20(2-7-22)17-40-25-12-8-23(9-13-25)36-30(38)26(29(37)35-31(36)39)15-19-3-10-24(11-4-19)41-18-21-5-14-27(33)28(34)16-21/h1-16H,17-18H2,(H,35,37,39)/b26-15+. The lowest BCUT2D eigenvalue weighted by Gasteiger charge is -2.26. The van der Waals surface area contributed by atoms with Gasteiger partial charge in [0.15, 0.2) is 0 Å². The van der Waals surface area contributed by atoms with Gasteiger partial charge in [0.2, 0.25) is 0 Å². The third kappa shape index (κ3) is 6.89. The second-order valence-electron chi connectivity index (χ2n) is 8.97. The average molecular weight is 608 g/mol. The molecule has 1 fully saturated rings. The maximum absolute atomic E-state index is 13.2. The van der Waals surface area contributed by atoms with Crippen LogP contribution in [0.15, 0.2) is 96.6 Å². The van der Waals surface area contributed by atoms with Crippen molar-refractivity contribution >= 4 is 64.4 Å². The average Bonchev–Trinajstić information content (AvgIpc) is 2.97. The summed E-state index contributed by atoms with van der Waals surface area (Å²) in [7, 11) is 0. The van der Waals surface area contributed by atoms with Gasteiger partial charge in [0.05, 0.1) is 15.7 Å². The van der Waals surface area contributed by atoms with Crippen LogP contribution in [0.3, 0.4) is 0 Å². The van der Waals surface area contributed by atoms with E-state index in [0.717, 1.165) is 16.0 Å². The number of benzene rings is 4. The zero-order valence-corrected chi connectivity index (χ0v) is 23.5. The smallest absolute Gasteiger partial charge is 0.335 e.